The van der Waals surface area contributed by atoms with E-state index in [1.54, 1.807) is 24.3 Å². The smallest absolute Gasteiger partial charge is 0.240 e. The average Bonchev–Trinajstić information content (AvgIpc) is 2.67. The Bertz CT molecular complexity index is 667. The maximum atomic E-state index is 11.7. The number of likely N-dealkylation sites (tertiary alicyclic amines) is 1. The molecular formula is C18H31N5O2S. The predicted molar refractivity (Wildman–Crippen MR) is 106 cm³/mol. The minimum Gasteiger partial charge on any atom is -0.357 e. The fraction of sp³-hybridized carbons (Fsp3) is 0.611. The third-order valence-electron chi connectivity index (χ3n) is 4.44. The van der Waals surface area contributed by atoms with Crippen LogP contribution < -0.4 is 15.4 Å². The quantitative estimate of drug-likeness (QED) is 0.464. The van der Waals surface area contributed by atoms with Crippen molar-refractivity contribution in [1.82, 2.24) is 20.3 Å². The summed E-state index contributed by atoms with van der Waals surface area (Å²) >= 11 is 0. The minimum atomic E-state index is -3.39. The van der Waals surface area contributed by atoms with Crippen LogP contribution in [0, 0.1) is 0 Å². The molecular weight excluding hydrogens is 350 g/mol. The number of nitrogens with zero attached hydrogens (tertiary/aromatic N) is 2. The first-order chi connectivity index (χ1) is 12.5. The Kier molecular flexibility index (Phi) is 8.34. The van der Waals surface area contributed by atoms with Crippen LogP contribution in [-0.2, 0) is 16.6 Å². The number of piperidine rings is 1. The molecule has 1 heterocycles. The summed E-state index contributed by atoms with van der Waals surface area (Å²) < 4.78 is 25.8. The molecule has 8 heteroatoms. The van der Waals surface area contributed by atoms with E-state index in [-0.39, 0.29) is 4.90 Å². The summed E-state index contributed by atoms with van der Waals surface area (Å²) in [7, 11) is -1.98. The van der Waals surface area contributed by atoms with E-state index in [0.29, 0.717) is 6.54 Å². The molecule has 0 radical (unpaired) electrons. The predicted octanol–water partition coefficient (Wildman–Crippen LogP) is 1.14. The molecule has 26 heavy (non-hydrogen) atoms. The summed E-state index contributed by atoms with van der Waals surface area (Å²) in [4.78, 5) is 7.34. The number of benzene rings is 1. The van der Waals surface area contributed by atoms with Crippen molar-refractivity contribution >= 4 is 16.0 Å². The van der Waals surface area contributed by atoms with Crippen molar-refractivity contribution in [3.63, 3.8) is 0 Å². The molecule has 7 nitrogen and oxygen atoms in total. The molecule has 0 atom stereocenters. The first-order valence-electron chi connectivity index (χ1n) is 9.32. The zero-order chi connectivity index (χ0) is 18.8. The third kappa shape index (κ3) is 6.59. The number of aliphatic imine (C=N–C) groups is 1. The van der Waals surface area contributed by atoms with Gasteiger partial charge in [-0.2, -0.15) is 0 Å². The van der Waals surface area contributed by atoms with Gasteiger partial charge in [-0.3, -0.25) is 0 Å². The lowest BCUT2D eigenvalue weighted by Gasteiger charge is -2.26. The standard InChI is InChI=1S/C18H31N5O2S/c1-3-20-18(21-11-14-23-12-5-4-6-13-23)22-15-16-7-9-17(10-8-16)26(24,25)19-2/h7-10,19H,3-6,11-15H2,1-2H3,(H2,20,21,22). The van der Waals surface area contributed by atoms with Crippen molar-refractivity contribution in [2.45, 2.75) is 37.6 Å². The van der Waals surface area contributed by atoms with Crippen molar-refractivity contribution in [2.24, 2.45) is 4.99 Å². The number of sulfonamides is 1. The highest BCUT2D eigenvalue weighted by Crippen LogP contribution is 2.11. The van der Waals surface area contributed by atoms with Gasteiger partial charge in [-0.25, -0.2) is 18.1 Å². The molecule has 0 spiro atoms. The summed E-state index contributed by atoms with van der Waals surface area (Å²) in [6.45, 7) is 7.62. The van der Waals surface area contributed by atoms with Gasteiger partial charge in [0.05, 0.1) is 11.4 Å². The second kappa shape index (κ2) is 10.5. The maximum Gasteiger partial charge on any atom is 0.240 e. The molecule has 1 aliphatic heterocycles. The lowest BCUT2D eigenvalue weighted by Crippen LogP contribution is -2.42. The summed E-state index contributed by atoms with van der Waals surface area (Å²) in [6, 6.07) is 6.80. The highest BCUT2D eigenvalue weighted by molar-refractivity contribution is 7.89. The fourth-order valence-corrected chi connectivity index (χ4v) is 3.65. The molecule has 2 rings (SSSR count). The Labute approximate surface area is 157 Å². The highest BCUT2D eigenvalue weighted by Gasteiger charge is 2.11. The zero-order valence-corrected chi connectivity index (χ0v) is 16.6. The molecule has 0 bridgehead atoms. The van der Waals surface area contributed by atoms with Gasteiger partial charge in [0.2, 0.25) is 10.0 Å². The normalized spacial score (nSPS) is 16.5. The molecule has 0 unspecified atom stereocenters. The van der Waals surface area contributed by atoms with Crippen LogP contribution in [0.15, 0.2) is 34.2 Å². The summed E-state index contributed by atoms with van der Waals surface area (Å²) in [6.07, 6.45) is 3.95. The van der Waals surface area contributed by atoms with Crippen molar-refractivity contribution in [2.75, 3.05) is 39.8 Å². The van der Waals surface area contributed by atoms with E-state index < -0.39 is 10.0 Å². The molecule has 0 amide bonds. The molecule has 1 saturated heterocycles. The lowest BCUT2D eigenvalue weighted by atomic mass is 10.1. The highest BCUT2D eigenvalue weighted by atomic mass is 32.2. The van der Waals surface area contributed by atoms with E-state index >= 15 is 0 Å². The van der Waals surface area contributed by atoms with Crippen molar-refractivity contribution in [3.8, 4) is 0 Å². The van der Waals surface area contributed by atoms with Gasteiger partial charge in [-0.05, 0) is 57.6 Å². The third-order valence-corrected chi connectivity index (χ3v) is 5.87. The van der Waals surface area contributed by atoms with Crippen LogP contribution in [0.2, 0.25) is 0 Å². The Morgan fingerprint density at radius 2 is 1.81 bits per heavy atom. The van der Waals surface area contributed by atoms with E-state index in [1.165, 1.54) is 39.4 Å². The summed E-state index contributed by atoms with van der Waals surface area (Å²) in [5.74, 6) is 0.788. The summed E-state index contributed by atoms with van der Waals surface area (Å²) in [5.41, 5.74) is 0.966. The molecule has 0 saturated carbocycles. The van der Waals surface area contributed by atoms with Gasteiger partial charge in [-0.1, -0.05) is 18.6 Å². The van der Waals surface area contributed by atoms with E-state index in [1.807, 2.05) is 6.92 Å². The van der Waals surface area contributed by atoms with Crippen LogP contribution in [0.3, 0.4) is 0 Å². The Balaban J connectivity index is 1.87. The SMILES string of the molecule is CCNC(=NCc1ccc(S(=O)(=O)NC)cc1)NCCN1CCCCC1. The maximum absolute atomic E-state index is 11.7. The van der Waals surface area contributed by atoms with Crippen LogP contribution in [-0.4, -0.2) is 59.0 Å². The van der Waals surface area contributed by atoms with Gasteiger partial charge in [0.1, 0.15) is 0 Å². The molecule has 1 fully saturated rings. The van der Waals surface area contributed by atoms with Crippen LogP contribution in [0.4, 0.5) is 0 Å². The largest absolute Gasteiger partial charge is 0.357 e. The van der Waals surface area contributed by atoms with Gasteiger partial charge in [-0.15, -0.1) is 0 Å². The van der Waals surface area contributed by atoms with E-state index in [9.17, 15) is 8.42 Å². The molecule has 1 aromatic carbocycles. The van der Waals surface area contributed by atoms with Crippen LogP contribution in [0.1, 0.15) is 31.7 Å². The second-order valence-electron chi connectivity index (χ2n) is 6.38. The number of hydrogen-bond donors (Lipinski definition) is 3. The molecule has 1 aliphatic rings. The van der Waals surface area contributed by atoms with E-state index in [4.69, 9.17) is 0 Å². The van der Waals surface area contributed by atoms with Gasteiger partial charge in [0, 0.05) is 19.6 Å². The molecule has 3 N–H and O–H groups in total. The molecule has 1 aromatic rings. The van der Waals surface area contributed by atoms with Crippen LogP contribution >= 0.6 is 0 Å². The first-order valence-corrected chi connectivity index (χ1v) is 10.8. The summed E-state index contributed by atoms with van der Waals surface area (Å²) in [5, 5.41) is 6.62. The van der Waals surface area contributed by atoms with E-state index in [0.717, 1.165) is 31.2 Å². The number of rotatable bonds is 8. The molecule has 0 aromatic heterocycles. The molecule has 146 valence electrons. The minimum absolute atomic E-state index is 0.263. The van der Waals surface area contributed by atoms with Gasteiger partial charge in [0.25, 0.3) is 0 Å². The van der Waals surface area contributed by atoms with Gasteiger partial charge in [0.15, 0.2) is 5.96 Å². The van der Waals surface area contributed by atoms with Crippen molar-refractivity contribution in [1.29, 1.82) is 0 Å². The second-order valence-corrected chi connectivity index (χ2v) is 8.26. The zero-order valence-electron chi connectivity index (χ0n) is 15.8. The van der Waals surface area contributed by atoms with E-state index in [2.05, 4.69) is 25.2 Å². The first kappa shape index (κ1) is 20.7. The Hall–Kier alpha value is -1.64. The Morgan fingerprint density at radius 3 is 2.42 bits per heavy atom. The topological polar surface area (TPSA) is 85.8 Å². The van der Waals surface area contributed by atoms with Crippen LogP contribution in [0.25, 0.3) is 0 Å². The number of nitrogens with one attached hydrogen (secondary N) is 3. The Morgan fingerprint density at radius 1 is 1.12 bits per heavy atom. The van der Waals surface area contributed by atoms with Crippen molar-refractivity contribution in [3.05, 3.63) is 29.8 Å². The monoisotopic (exact) mass is 381 g/mol. The molecule has 0 aliphatic carbocycles. The number of hydrogen-bond acceptors (Lipinski definition) is 4. The number of guanidine groups is 1. The van der Waals surface area contributed by atoms with Crippen LogP contribution in [0.5, 0.6) is 0 Å². The van der Waals surface area contributed by atoms with Gasteiger partial charge < -0.3 is 15.5 Å². The average molecular weight is 382 g/mol. The van der Waals surface area contributed by atoms with Crippen molar-refractivity contribution < 1.29 is 8.42 Å². The van der Waals surface area contributed by atoms with Gasteiger partial charge >= 0.3 is 0 Å². The lowest BCUT2D eigenvalue weighted by molar-refractivity contribution is 0.232. The fourth-order valence-electron chi connectivity index (χ4n) is 2.92.